The van der Waals surface area contributed by atoms with Crippen LogP contribution in [0.2, 0.25) is 0 Å². The summed E-state index contributed by atoms with van der Waals surface area (Å²) in [5.41, 5.74) is 5.98. The molecule has 1 aliphatic rings. The molecule has 1 aromatic rings. The van der Waals surface area contributed by atoms with Crippen LogP contribution >= 0.6 is 11.8 Å². The van der Waals surface area contributed by atoms with Crippen molar-refractivity contribution in [3.8, 4) is 0 Å². The van der Waals surface area contributed by atoms with Crippen LogP contribution in [0.3, 0.4) is 0 Å². The molecular formula is C9H10N4OS. The number of nitrogens with one attached hydrogen (secondary N) is 1. The molecule has 1 aliphatic heterocycles. The van der Waals surface area contributed by atoms with Gasteiger partial charge in [-0.25, -0.2) is 4.98 Å². The van der Waals surface area contributed by atoms with Crippen LogP contribution in [0.15, 0.2) is 23.3 Å². The Bertz CT molecular complexity index is 418. The Labute approximate surface area is 91.2 Å². The number of carbonyl (C=O) groups is 1. The lowest BCUT2D eigenvalue weighted by Gasteiger charge is -2.03. The van der Waals surface area contributed by atoms with E-state index in [-0.39, 0.29) is 5.91 Å². The fourth-order valence-corrected chi connectivity index (χ4v) is 1.89. The summed E-state index contributed by atoms with van der Waals surface area (Å²) in [7, 11) is 0. The highest BCUT2D eigenvalue weighted by molar-refractivity contribution is 8.14. The number of nitrogens with two attached hydrogens (primary N) is 1. The first kappa shape index (κ1) is 9.97. The molecule has 0 radical (unpaired) electrons. The molecule has 0 spiro atoms. The van der Waals surface area contributed by atoms with Gasteiger partial charge in [-0.15, -0.1) is 0 Å². The van der Waals surface area contributed by atoms with E-state index in [2.05, 4.69) is 15.3 Å². The van der Waals surface area contributed by atoms with Crippen molar-refractivity contribution in [2.75, 3.05) is 18.0 Å². The number of carbonyl (C=O) groups excluding carboxylic acids is 1. The number of anilines is 1. The summed E-state index contributed by atoms with van der Waals surface area (Å²) < 4.78 is 0. The van der Waals surface area contributed by atoms with Crippen LogP contribution < -0.4 is 11.1 Å². The number of amidine groups is 1. The highest BCUT2D eigenvalue weighted by Gasteiger charge is 2.12. The van der Waals surface area contributed by atoms with Gasteiger partial charge in [0, 0.05) is 17.5 Å². The first-order chi connectivity index (χ1) is 7.25. The monoisotopic (exact) mass is 222 g/mol. The average Bonchev–Trinajstić information content (AvgIpc) is 2.70. The van der Waals surface area contributed by atoms with Gasteiger partial charge in [0.1, 0.15) is 5.82 Å². The molecule has 0 saturated heterocycles. The molecule has 0 bridgehead atoms. The second kappa shape index (κ2) is 4.31. The number of pyridine rings is 1. The van der Waals surface area contributed by atoms with Crippen molar-refractivity contribution in [2.24, 2.45) is 4.99 Å². The number of hydrogen-bond acceptors (Lipinski definition) is 5. The lowest BCUT2D eigenvalue weighted by atomic mass is 10.2. The third-order valence-electron chi connectivity index (χ3n) is 1.85. The number of nitrogen functional groups attached to an aromatic ring is 1. The van der Waals surface area contributed by atoms with Crippen molar-refractivity contribution in [3.05, 3.63) is 23.9 Å². The molecule has 3 N–H and O–H groups in total. The van der Waals surface area contributed by atoms with Crippen molar-refractivity contribution < 1.29 is 4.79 Å². The number of aliphatic imine (C=N–C) groups is 1. The minimum absolute atomic E-state index is 0.197. The molecule has 0 unspecified atom stereocenters. The Kier molecular flexibility index (Phi) is 2.86. The molecule has 5 nitrogen and oxygen atoms in total. The summed E-state index contributed by atoms with van der Waals surface area (Å²) in [4.78, 5) is 19.6. The van der Waals surface area contributed by atoms with Gasteiger partial charge in [-0.2, -0.15) is 0 Å². The Hall–Kier alpha value is -1.56. The third kappa shape index (κ3) is 2.47. The maximum absolute atomic E-state index is 11.7. The summed E-state index contributed by atoms with van der Waals surface area (Å²) in [5, 5.41) is 3.39. The van der Waals surface area contributed by atoms with E-state index < -0.39 is 0 Å². The predicted molar refractivity (Wildman–Crippen MR) is 60.9 cm³/mol. The van der Waals surface area contributed by atoms with Gasteiger partial charge < -0.3 is 11.1 Å². The zero-order valence-corrected chi connectivity index (χ0v) is 8.75. The Morgan fingerprint density at radius 1 is 1.60 bits per heavy atom. The standard InChI is InChI=1S/C9H10N4OS/c10-7-5-6(1-2-11-7)8(14)13-9-12-3-4-15-9/h1-2,5H,3-4H2,(H2,10,11)(H,12,13,14). The van der Waals surface area contributed by atoms with Crippen molar-refractivity contribution in [2.45, 2.75) is 0 Å². The van der Waals surface area contributed by atoms with E-state index in [1.165, 1.54) is 12.3 Å². The third-order valence-corrected chi connectivity index (χ3v) is 2.74. The predicted octanol–water partition coefficient (Wildman–Crippen LogP) is 0.496. The number of nitrogens with zero attached hydrogens (tertiary/aromatic N) is 2. The van der Waals surface area contributed by atoms with Gasteiger partial charge in [0.2, 0.25) is 0 Å². The molecule has 0 aliphatic carbocycles. The Balaban J connectivity index is 2.07. The second-order valence-electron chi connectivity index (χ2n) is 2.96. The van der Waals surface area contributed by atoms with E-state index in [1.54, 1.807) is 17.8 Å². The highest BCUT2D eigenvalue weighted by atomic mass is 32.2. The molecule has 15 heavy (non-hydrogen) atoms. The molecule has 1 amide bonds. The van der Waals surface area contributed by atoms with Crippen LogP contribution in [-0.4, -0.2) is 28.4 Å². The van der Waals surface area contributed by atoms with Crippen LogP contribution in [0, 0.1) is 0 Å². The molecule has 2 heterocycles. The minimum Gasteiger partial charge on any atom is -0.384 e. The van der Waals surface area contributed by atoms with Crippen molar-refractivity contribution >= 4 is 28.7 Å². The lowest BCUT2D eigenvalue weighted by molar-refractivity contribution is 0.0978. The summed E-state index contributed by atoms with van der Waals surface area (Å²) in [6, 6.07) is 3.15. The fourth-order valence-electron chi connectivity index (χ4n) is 1.17. The largest absolute Gasteiger partial charge is 0.384 e. The van der Waals surface area contributed by atoms with E-state index in [9.17, 15) is 4.79 Å². The summed E-state index contributed by atoms with van der Waals surface area (Å²) in [6.07, 6.45) is 1.51. The second-order valence-corrected chi connectivity index (χ2v) is 4.04. The molecule has 78 valence electrons. The van der Waals surface area contributed by atoms with Crippen molar-refractivity contribution in [3.63, 3.8) is 0 Å². The van der Waals surface area contributed by atoms with E-state index in [0.717, 1.165) is 12.3 Å². The first-order valence-electron chi connectivity index (χ1n) is 4.46. The van der Waals surface area contributed by atoms with Crippen LogP contribution in [0.1, 0.15) is 10.4 Å². The van der Waals surface area contributed by atoms with Gasteiger partial charge >= 0.3 is 0 Å². The van der Waals surface area contributed by atoms with Crippen LogP contribution in [0.4, 0.5) is 5.82 Å². The Morgan fingerprint density at radius 2 is 2.47 bits per heavy atom. The van der Waals surface area contributed by atoms with Crippen LogP contribution in [-0.2, 0) is 0 Å². The number of aromatic nitrogens is 1. The SMILES string of the molecule is Nc1cc(C(=O)NC2=NCCS2)ccn1. The number of amides is 1. The number of hydrogen-bond donors (Lipinski definition) is 2. The van der Waals surface area contributed by atoms with Gasteiger partial charge in [0.15, 0.2) is 5.17 Å². The summed E-state index contributed by atoms with van der Waals surface area (Å²) >= 11 is 1.54. The van der Waals surface area contributed by atoms with E-state index in [4.69, 9.17) is 5.73 Å². The Morgan fingerprint density at radius 3 is 3.13 bits per heavy atom. The van der Waals surface area contributed by atoms with E-state index >= 15 is 0 Å². The zero-order valence-electron chi connectivity index (χ0n) is 7.93. The maximum atomic E-state index is 11.7. The molecule has 6 heteroatoms. The van der Waals surface area contributed by atoms with Crippen LogP contribution in [0.25, 0.3) is 0 Å². The smallest absolute Gasteiger partial charge is 0.257 e. The lowest BCUT2D eigenvalue weighted by Crippen LogP contribution is -2.27. The van der Waals surface area contributed by atoms with Gasteiger partial charge in [-0.1, -0.05) is 11.8 Å². The van der Waals surface area contributed by atoms with Gasteiger partial charge in [0.25, 0.3) is 5.91 Å². The minimum atomic E-state index is -0.197. The van der Waals surface area contributed by atoms with Crippen molar-refractivity contribution in [1.29, 1.82) is 0 Å². The van der Waals surface area contributed by atoms with Crippen LogP contribution in [0.5, 0.6) is 0 Å². The number of rotatable bonds is 1. The van der Waals surface area contributed by atoms with E-state index in [1.807, 2.05) is 0 Å². The van der Waals surface area contributed by atoms with Gasteiger partial charge in [-0.3, -0.25) is 9.79 Å². The van der Waals surface area contributed by atoms with Gasteiger partial charge in [0.05, 0.1) is 6.54 Å². The summed E-state index contributed by atoms with van der Waals surface area (Å²) in [6.45, 7) is 0.763. The average molecular weight is 222 g/mol. The fraction of sp³-hybridized carbons (Fsp3) is 0.222. The topological polar surface area (TPSA) is 80.4 Å². The molecular weight excluding hydrogens is 212 g/mol. The molecule has 0 saturated carbocycles. The molecule has 0 aromatic carbocycles. The number of thioether (sulfide) groups is 1. The maximum Gasteiger partial charge on any atom is 0.257 e. The molecule has 1 aromatic heterocycles. The molecule has 2 rings (SSSR count). The normalized spacial score (nSPS) is 14.8. The van der Waals surface area contributed by atoms with Crippen molar-refractivity contribution in [1.82, 2.24) is 10.3 Å². The first-order valence-corrected chi connectivity index (χ1v) is 5.44. The highest BCUT2D eigenvalue weighted by Crippen LogP contribution is 2.10. The van der Waals surface area contributed by atoms with E-state index in [0.29, 0.717) is 16.5 Å². The molecule has 0 atom stereocenters. The van der Waals surface area contributed by atoms with Gasteiger partial charge in [-0.05, 0) is 12.1 Å². The quantitative estimate of drug-likeness (QED) is 0.725. The summed E-state index contributed by atoms with van der Waals surface area (Å²) in [5.74, 6) is 1.06. The molecule has 0 fully saturated rings. The zero-order chi connectivity index (χ0) is 10.7.